The largest absolute Gasteiger partial charge is 0.382 e. The van der Waals surface area contributed by atoms with Crippen LogP contribution in [0.25, 0.3) is 0 Å². The summed E-state index contributed by atoms with van der Waals surface area (Å²) in [5.41, 5.74) is -2.31. The van der Waals surface area contributed by atoms with Gasteiger partial charge in [0, 0.05) is 43.7 Å². The molecule has 22 heavy (non-hydrogen) atoms. The number of nitrogens with zero attached hydrogens (tertiary/aromatic N) is 2. The normalized spacial score (nSPS) is 26.4. The summed E-state index contributed by atoms with van der Waals surface area (Å²) in [7, 11) is 1.14. The third kappa shape index (κ3) is 2.75. The monoisotopic (exact) mass is 331 g/mol. The Morgan fingerprint density at radius 2 is 2.36 bits per heavy atom. The van der Waals surface area contributed by atoms with E-state index in [2.05, 4.69) is 4.98 Å². The molecule has 1 unspecified atom stereocenters. The van der Waals surface area contributed by atoms with Gasteiger partial charge >= 0.3 is 5.92 Å². The molecule has 0 radical (unpaired) electrons. The fraction of sp³-hybridized carbons (Fsp3) is 0.714. The number of nitrogens with one attached hydrogen (secondary N) is 1. The number of amides is 1. The molecule has 1 aliphatic carbocycles. The van der Waals surface area contributed by atoms with Gasteiger partial charge in [-0.3, -0.25) is 9.69 Å². The lowest BCUT2D eigenvalue weighted by molar-refractivity contribution is -0.188. The number of thiazole rings is 1. The van der Waals surface area contributed by atoms with E-state index >= 15 is 0 Å². The Labute approximate surface area is 131 Å². The Morgan fingerprint density at radius 3 is 3.00 bits per heavy atom. The lowest BCUT2D eigenvalue weighted by Gasteiger charge is -2.30. The molecule has 1 aromatic rings. The van der Waals surface area contributed by atoms with E-state index < -0.39 is 17.4 Å². The van der Waals surface area contributed by atoms with Crippen molar-refractivity contribution < 1.29 is 18.7 Å². The van der Waals surface area contributed by atoms with E-state index in [0.717, 1.165) is 16.9 Å². The summed E-state index contributed by atoms with van der Waals surface area (Å²) >= 11 is 1.61. The molecule has 2 fully saturated rings. The molecule has 0 spiro atoms. The molecule has 5 nitrogen and oxygen atoms in total. The third-order valence-electron chi connectivity index (χ3n) is 4.30. The minimum Gasteiger partial charge on any atom is -0.382 e. The lowest BCUT2D eigenvalue weighted by atomic mass is 9.94. The van der Waals surface area contributed by atoms with Gasteiger partial charge in [0.05, 0.1) is 5.01 Å². The molecular weight excluding hydrogens is 312 g/mol. The summed E-state index contributed by atoms with van der Waals surface area (Å²) < 4.78 is 28.1. The number of halogens is 2. The molecule has 1 aromatic heterocycles. The van der Waals surface area contributed by atoms with E-state index in [1.165, 1.54) is 12.8 Å². The average Bonchev–Trinajstić information content (AvgIpc) is 3.12. The van der Waals surface area contributed by atoms with Gasteiger partial charge in [0.15, 0.2) is 5.60 Å². The van der Waals surface area contributed by atoms with Crippen molar-refractivity contribution >= 4 is 17.2 Å². The zero-order valence-corrected chi connectivity index (χ0v) is 13.1. The molecule has 2 heterocycles. The van der Waals surface area contributed by atoms with Crippen molar-refractivity contribution in [3.05, 3.63) is 16.1 Å². The van der Waals surface area contributed by atoms with Gasteiger partial charge in [0.1, 0.15) is 0 Å². The number of carbonyl (C=O) groups is 1. The zero-order valence-electron chi connectivity index (χ0n) is 12.3. The quantitative estimate of drug-likeness (QED) is 0.855. The van der Waals surface area contributed by atoms with Gasteiger partial charge < -0.3 is 10.4 Å². The highest BCUT2D eigenvalue weighted by Crippen LogP contribution is 2.42. The minimum absolute atomic E-state index is 0.123. The zero-order chi connectivity index (χ0) is 16.0. The van der Waals surface area contributed by atoms with Crippen LogP contribution in [-0.2, 0) is 11.3 Å². The lowest BCUT2D eigenvalue weighted by Crippen LogP contribution is -2.57. The van der Waals surface area contributed by atoms with Gasteiger partial charge in [-0.2, -0.15) is 8.78 Å². The molecule has 1 atom stereocenters. The molecule has 0 aromatic carbocycles. The Kier molecular flexibility index (Phi) is 3.94. The Balaban J connectivity index is 1.64. The number of hydrogen-bond donors (Lipinski definition) is 2. The predicted molar refractivity (Wildman–Crippen MR) is 77.9 cm³/mol. The Bertz CT molecular complexity index is 576. The van der Waals surface area contributed by atoms with Gasteiger partial charge in [-0.05, 0) is 19.3 Å². The Hall–Kier alpha value is -1.12. The molecule has 2 aliphatic rings. The van der Waals surface area contributed by atoms with Gasteiger partial charge in [-0.1, -0.05) is 0 Å². The third-order valence-corrected chi connectivity index (χ3v) is 5.45. The molecule has 122 valence electrons. The fourth-order valence-corrected chi connectivity index (χ4v) is 3.89. The smallest absolute Gasteiger partial charge is 0.353 e. The summed E-state index contributed by atoms with van der Waals surface area (Å²) in [5.74, 6) is -4.65. The van der Waals surface area contributed by atoms with E-state index in [4.69, 9.17) is 0 Å². The first-order valence-corrected chi connectivity index (χ1v) is 8.17. The van der Waals surface area contributed by atoms with Crippen molar-refractivity contribution in [2.24, 2.45) is 0 Å². The number of aliphatic hydroxyl groups is 1. The summed E-state index contributed by atoms with van der Waals surface area (Å²) in [6, 6.07) is 0. The topological polar surface area (TPSA) is 65.5 Å². The van der Waals surface area contributed by atoms with Crippen LogP contribution < -0.4 is 5.32 Å². The van der Waals surface area contributed by atoms with Crippen molar-refractivity contribution in [2.45, 2.75) is 43.2 Å². The van der Waals surface area contributed by atoms with Crippen molar-refractivity contribution in [3.8, 4) is 0 Å². The van der Waals surface area contributed by atoms with E-state index in [0.29, 0.717) is 19.0 Å². The van der Waals surface area contributed by atoms with Crippen molar-refractivity contribution in [1.29, 1.82) is 0 Å². The van der Waals surface area contributed by atoms with Crippen LogP contribution in [0.4, 0.5) is 8.78 Å². The second kappa shape index (κ2) is 5.50. The SMILES string of the molecule is CNC(=O)C(F)(F)C1(O)CCN(Cc2cnc(C3CC3)s2)C1. The second-order valence-corrected chi connectivity index (χ2v) is 7.23. The van der Waals surface area contributed by atoms with Gasteiger partial charge in [-0.25, -0.2) is 4.98 Å². The van der Waals surface area contributed by atoms with E-state index in [-0.39, 0.29) is 13.0 Å². The van der Waals surface area contributed by atoms with Crippen molar-refractivity contribution in [3.63, 3.8) is 0 Å². The summed E-state index contributed by atoms with van der Waals surface area (Å²) in [5, 5.41) is 13.2. The maximum Gasteiger partial charge on any atom is 0.353 e. The van der Waals surface area contributed by atoms with Crippen LogP contribution in [0.3, 0.4) is 0 Å². The molecular formula is C14H19F2N3O2S. The van der Waals surface area contributed by atoms with Crippen LogP contribution >= 0.6 is 11.3 Å². The number of rotatable bonds is 5. The molecule has 1 saturated carbocycles. The summed E-state index contributed by atoms with van der Waals surface area (Å²) in [4.78, 5) is 18.5. The average molecular weight is 331 g/mol. The fourth-order valence-electron chi connectivity index (χ4n) is 2.77. The highest BCUT2D eigenvalue weighted by molar-refractivity contribution is 7.11. The summed E-state index contributed by atoms with van der Waals surface area (Å²) in [6.45, 7) is 0.598. The first-order valence-electron chi connectivity index (χ1n) is 7.35. The first kappa shape index (κ1) is 15.8. The second-order valence-electron chi connectivity index (χ2n) is 6.08. The van der Waals surface area contributed by atoms with Crippen molar-refractivity contribution in [1.82, 2.24) is 15.2 Å². The van der Waals surface area contributed by atoms with Crippen LogP contribution in [0.1, 0.15) is 35.1 Å². The molecule has 2 N–H and O–H groups in total. The molecule has 8 heteroatoms. The number of likely N-dealkylation sites (tertiary alicyclic amines) is 1. The predicted octanol–water partition coefficient (Wildman–Crippen LogP) is 1.34. The maximum absolute atomic E-state index is 14.0. The molecule has 1 amide bonds. The van der Waals surface area contributed by atoms with E-state index in [9.17, 15) is 18.7 Å². The van der Waals surface area contributed by atoms with Gasteiger partial charge in [0.2, 0.25) is 0 Å². The van der Waals surface area contributed by atoms with Crippen LogP contribution in [0.5, 0.6) is 0 Å². The number of carbonyl (C=O) groups excluding carboxylic acids is 1. The molecule has 0 bridgehead atoms. The minimum atomic E-state index is -3.79. The van der Waals surface area contributed by atoms with Crippen LogP contribution in [0.15, 0.2) is 6.20 Å². The standard InChI is InChI=1S/C14H19F2N3O2S/c1-17-12(20)14(15,16)13(21)4-5-19(8-13)7-10-6-18-11(22-10)9-2-3-9/h6,9,21H,2-5,7-8H2,1H3,(H,17,20). The molecule has 1 aliphatic heterocycles. The number of β-amino-alcohol motifs (C(OH)–C–C–N with tert-alkyl or cyclic N) is 1. The van der Waals surface area contributed by atoms with Crippen LogP contribution in [-0.4, -0.2) is 52.6 Å². The van der Waals surface area contributed by atoms with Crippen LogP contribution in [0.2, 0.25) is 0 Å². The van der Waals surface area contributed by atoms with Gasteiger partial charge in [0.25, 0.3) is 5.91 Å². The Morgan fingerprint density at radius 1 is 1.64 bits per heavy atom. The number of aromatic nitrogens is 1. The molecule has 1 saturated heterocycles. The molecule has 3 rings (SSSR count). The van der Waals surface area contributed by atoms with E-state index in [1.54, 1.807) is 22.4 Å². The number of alkyl halides is 2. The maximum atomic E-state index is 14.0. The summed E-state index contributed by atoms with van der Waals surface area (Å²) in [6.07, 6.45) is 4.01. The van der Waals surface area contributed by atoms with E-state index in [1.807, 2.05) is 5.32 Å². The van der Waals surface area contributed by atoms with Crippen LogP contribution in [0, 0.1) is 0 Å². The number of hydrogen-bond acceptors (Lipinski definition) is 5. The highest BCUT2D eigenvalue weighted by atomic mass is 32.1. The van der Waals surface area contributed by atoms with Crippen molar-refractivity contribution in [2.75, 3.05) is 20.1 Å². The highest BCUT2D eigenvalue weighted by Gasteiger charge is 2.60. The first-order chi connectivity index (χ1) is 10.4. The van der Waals surface area contributed by atoms with Gasteiger partial charge in [-0.15, -0.1) is 11.3 Å².